The number of hydrogen-bond donors (Lipinski definition) is 2. The molecule has 0 saturated carbocycles. The summed E-state index contributed by atoms with van der Waals surface area (Å²) in [5.41, 5.74) is 7.85. The third-order valence-corrected chi connectivity index (χ3v) is 3.74. The molecule has 10 heteroatoms. The van der Waals surface area contributed by atoms with E-state index in [1.165, 1.54) is 4.68 Å². The van der Waals surface area contributed by atoms with E-state index < -0.39 is 0 Å². The second-order valence-electron chi connectivity index (χ2n) is 5.62. The molecule has 0 radical (unpaired) electrons. The number of anilines is 1. The van der Waals surface area contributed by atoms with Gasteiger partial charge in [0.1, 0.15) is 24.7 Å². The lowest BCUT2D eigenvalue weighted by molar-refractivity contribution is -0.117. The number of carbonyl (C=O) groups is 1. The van der Waals surface area contributed by atoms with Crippen molar-refractivity contribution in [2.24, 2.45) is 12.8 Å². The summed E-state index contributed by atoms with van der Waals surface area (Å²) in [6.07, 6.45) is 1.70. The van der Waals surface area contributed by atoms with Gasteiger partial charge in [0.2, 0.25) is 5.91 Å². The van der Waals surface area contributed by atoms with E-state index in [1.807, 2.05) is 19.2 Å². The van der Waals surface area contributed by atoms with Crippen LogP contribution >= 0.6 is 0 Å². The molecule has 0 saturated heterocycles. The zero-order valence-corrected chi connectivity index (χ0v) is 14.6. The molecule has 0 aliphatic carbocycles. The Morgan fingerprint density at radius 2 is 2.19 bits per heavy atom. The second kappa shape index (κ2) is 7.74. The fourth-order valence-corrected chi connectivity index (χ4v) is 2.47. The monoisotopic (exact) mass is 356 g/mol. The average Bonchev–Trinajstić information content (AvgIpc) is 3.22. The summed E-state index contributed by atoms with van der Waals surface area (Å²) in [6.45, 7) is 2.58. The van der Waals surface area contributed by atoms with Gasteiger partial charge in [0.25, 0.3) is 0 Å². The topological polar surface area (TPSA) is 126 Å². The van der Waals surface area contributed by atoms with Gasteiger partial charge in [-0.25, -0.2) is 4.68 Å². The quantitative estimate of drug-likeness (QED) is 0.626. The molecule has 0 bridgehead atoms. The molecule has 1 aromatic carbocycles. The van der Waals surface area contributed by atoms with Crippen LogP contribution in [0.4, 0.5) is 5.69 Å². The van der Waals surface area contributed by atoms with Gasteiger partial charge >= 0.3 is 0 Å². The number of carbonyl (C=O) groups excluding carboxylic acids is 1. The normalized spacial score (nSPS) is 10.7. The number of rotatable bonds is 7. The van der Waals surface area contributed by atoms with Crippen LogP contribution in [0.1, 0.15) is 5.82 Å². The van der Waals surface area contributed by atoms with E-state index in [0.29, 0.717) is 30.4 Å². The molecular formula is C16H20N8O2. The van der Waals surface area contributed by atoms with Crippen molar-refractivity contribution in [2.45, 2.75) is 13.5 Å². The minimum atomic E-state index is -0.230. The molecule has 0 unspecified atom stereocenters. The first-order chi connectivity index (χ1) is 12.6. The fraction of sp³-hybridized carbons (Fsp3) is 0.312. The number of nitrogens with two attached hydrogens (primary N) is 1. The van der Waals surface area contributed by atoms with Gasteiger partial charge in [-0.3, -0.25) is 9.48 Å². The van der Waals surface area contributed by atoms with E-state index >= 15 is 0 Å². The van der Waals surface area contributed by atoms with Crippen molar-refractivity contribution >= 4 is 11.6 Å². The molecule has 136 valence electrons. The van der Waals surface area contributed by atoms with Crippen LogP contribution in [0.15, 0.2) is 30.5 Å². The highest BCUT2D eigenvalue weighted by Crippen LogP contribution is 2.32. The van der Waals surface area contributed by atoms with Crippen LogP contribution in [0.25, 0.3) is 11.3 Å². The number of aryl methyl sites for hydroxylation is 2. The number of hydrogen-bond acceptors (Lipinski definition) is 7. The van der Waals surface area contributed by atoms with E-state index in [4.69, 9.17) is 10.5 Å². The molecule has 0 aliphatic rings. The highest BCUT2D eigenvalue weighted by atomic mass is 16.5. The first-order valence-corrected chi connectivity index (χ1v) is 8.06. The van der Waals surface area contributed by atoms with Gasteiger partial charge in [0.15, 0.2) is 0 Å². The van der Waals surface area contributed by atoms with Gasteiger partial charge in [0, 0.05) is 31.0 Å². The Bertz CT molecular complexity index is 901. The van der Waals surface area contributed by atoms with E-state index in [1.54, 1.807) is 29.9 Å². The number of aromatic nitrogens is 6. The van der Waals surface area contributed by atoms with Gasteiger partial charge in [0.05, 0.1) is 5.69 Å². The lowest BCUT2D eigenvalue weighted by Crippen LogP contribution is -2.20. The van der Waals surface area contributed by atoms with Crippen molar-refractivity contribution in [3.63, 3.8) is 0 Å². The lowest BCUT2D eigenvalue weighted by atomic mass is 10.1. The second-order valence-corrected chi connectivity index (χ2v) is 5.62. The van der Waals surface area contributed by atoms with Crippen LogP contribution in [0, 0.1) is 6.92 Å². The van der Waals surface area contributed by atoms with Gasteiger partial charge in [-0.05, 0) is 41.6 Å². The Balaban J connectivity index is 1.83. The minimum absolute atomic E-state index is 0.0330. The summed E-state index contributed by atoms with van der Waals surface area (Å²) in [5.74, 6) is 1.02. The molecule has 1 amide bonds. The number of nitrogens with one attached hydrogen (secondary N) is 1. The Hall–Kier alpha value is -3.27. The largest absolute Gasteiger partial charge is 0.492 e. The smallest absolute Gasteiger partial charge is 0.246 e. The van der Waals surface area contributed by atoms with Crippen LogP contribution < -0.4 is 15.8 Å². The van der Waals surface area contributed by atoms with Crippen molar-refractivity contribution in [1.29, 1.82) is 0 Å². The number of benzene rings is 1. The van der Waals surface area contributed by atoms with Crippen LogP contribution in [-0.2, 0) is 18.4 Å². The van der Waals surface area contributed by atoms with Crippen molar-refractivity contribution in [1.82, 2.24) is 30.0 Å². The summed E-state index contributed by atoms with van der Waals surface area (Å²) >= 11 is 0. The lowest BCUT2D eigenvalue weighted by Gasteiger charge is -2.14. The van der Waals surface area contributed by atoms with E-state index in [2.05, 4.69) is 25.9 Å². The van der Waals surface area contributed by atoms with Crippen molar-refractivity contribution < 1.29 is 9.53 Å². The molecule has 0 fully saturated rings. The third kappa shape index (κ3) is 3.86. The molecular weight excluding hydrogens is 336 g/mol. The zero-order valence-electron chi connectivity index (χ0n) is 14.6. The molecule has 26 heavy (non-hydrogen) atoms. The maximum Gasteiger partial charge on any atom is 0.246 e. The van der Waals surface area contributed by atoms with Gasteiger partial charge in [-0.15, -0.1) is 5.10 Å². The molecule has 10 nitrogen and oxygen atoms in total. The Kier molecular flexibility index (Phi) is 5.23. The van der Waals surface area contributed by atoms with Crippen LogP contribution in [-0.4, -0.2) is 49.0 Å². The zero-order chi connectivity index (χ0) is 18.5. The standard InChI is InChI=1S/C16H20N8O2/c1-11-20-21-22-24(11)10-16(25)19-12-3-4-15(26-8-6-17)13(9-12)14-5-7-18-23(14)2/h3-5,7,9H,6,8,10,17H2,1-2H3,(H,19,25). The van der Waals surface area contributed by atoms with Crippen LogP contribution in [0.5, 0.6) is 5.75 Å². The maximum atomic E-state index is 12.3. The number of ether oxygens (including phenoxy) is 1. The summed E-state index contributed by atoms with van der Waals surface area (Å²) in [6, 6.07) is 7.29. The van der Waals surface area contributed by atoms with E-state index in [9.17, 15) is 4.79 Å². The number of tetrazole rings is 1. The number of nitrogens with zero attached hydrogens (tertiary/aromatic N) is 6. The SMILES string of the molecule is Cc1nnnn1CC(=O)Nc1ccc(OCCN)c(-c2ccnn2C)c1. The molecule has 3 N–H and O–H groups in total. The molecule has 3 rings (SSSR count). The van der Waals surface area contributed by atoms with Crippen LogP contribution in [0.2, 0.25) is 0 Å². The fourth-order valence-electron chi connectivity index (χ4n) is 2.47. The van der Waals surface area contributed by atoms with Gasteiger partial charge < -0.3 is 15.8 Å². The van der Waals surface area contributed by atoms with Crippen molar-refractivity contribution in [3.8, 4) is 17.0 Å². The first-order valence-electron chi connectivity index (χ1n) is 8.06. The van der Waals surface area contributed by atoms with Crippen molar-refractivity contribution in [3.05, 3.63) is 36.3 Å². The van der Waals surface area contributed by atoms with Gasteiger partial charge in [-0.2, -0.15) is 5.10 Å². The van der Waals surface area contributed by atoms with Crippen LogP contribution in [0.3, 0.4) is 0 Å². The van der Waals surface area contributed by atoms with Crippen molar-refractivity contribution in [2.75, 3.05) is 18.5 Å². The Morgan fingerprint density at radius 3 is 2.85 bits per heavy atom. The minimum Gasteiger partial charge on any atom is -0.492 e. The predicted octanol–water partition coefficient (Wildman–Crippen LogP) is 0.358. The average molecular weight is 356 g/mol. The Morgan fingerprint density at radius 1 is 1.35 bits per heavy atom. The molecule has 0 aliphatic heterocycles. The number of amides is 1. The van der Waals surface area contributed by atoms with E-state index in [0.717, 1.165) is 11.3 Å². The summed E-state index contributed by atoms with van der Waals surface area (Å²) in [5, 5.41) is 18.1. The first kappa shape index (κ1) is 17.5. The highest BCUT2D eigenvalue weighted by Gasteiger charge is 2.13. The third-order valence-electron chi connectivity index (χ3n) is 3.74. The summed E-state index contributed by atoms with van der Waals surface area (Å²) in [7, 11) is 1.84. The summed E-state index contributed by atoms with van der Waals surface area (Å²) < 4.78 is 8.88. The highest BCUT2D eigenvalue weighted by molar-refractivity contribution is 5.91. The molecule has 2 heterocycles. The molecule has 0 spiro atoms. The molecule has 2 aromatic heterocycles. The molecule has 3 aromatic rings. The van der Waals surface area contributed by atoms with E-state index in [-0.39, 0.29) is 12.5 Å². The Labute approximate surface area is 149 Å². The maximum absolute atomic E-state index is 12.3. The predicted molar refractivity (Wildman–Crippen MR) is 94.4 cm³/mol. The van der Waals surface area contributed by atoms with Gasteiger partial charge in [-0.1, -0.05) is 0 Å². The molecule has 0 atom stereocenters. The summed E-state index contributed by atoms with van der Waals surface area (Å²) in [4.78, 5) is 12.3.